The Morgan fingerprint density at radius 1 is 1.55 bits per heavy atom. The maximum atomic E-state index is 12.9. The van der Waals surface area contributed by atoms with Gasteiger partial charge in [0.25, 0.3) is 10.0 Å². The summed E-state index contributed by atoms with van der Waals surface area (Å²) < 4.78 is 28.6. The number of fused-ring (bicyclic) bond motifs is 1. The predicted molar refractivity (Wildman–Crippen MR) is 80.2 cm³/mol. The number of sulfonamides is 1. The second-order valence-electron chi connectivity index (χ2n) is 5.10. The van der Waals surface area contributed by atoms with Crippen molar-refractivity contribution in [2.75, 3.05) is 12.5 Å². The van der Waals surface area contributed by atoms with Crippen LogP contribution < -0.4 is 11.3 Å². The highest BCUT2D eigenvalue weighted by Crippen LogP contribution is 2.31. The van der Waals surface area contributed by atoms with Crippen LogP contribution in [0.5, 0.6) is 0 Å². The van der Waals surface area contributed by atoms with Gasteiger partial charge in [-0.25, -0.2) is 14.3 Å². The Hall–Kier alpha value is -1.16. The summed E-state index contributed by atoms with van der Waals surface area (Å²) in [6, 6.07) is 0. The average Bonchev–Trinajstić information content (AvgIpc) is 2.96. The van der Waals surface area contributed by atoms with Crippen molar-refractivity contribution in [1.82, 2.24) is 13.7 Å². The van der Waals surface area contributed by atoms with Gasteiger partial charge in [0, 0.05) is 24.2 Å². The fourth-order valence-electron chi connectivity index (χ4n) is 1.78. The first kappa shape index (κ1) is 15.2. The van der Waals surface area contributed by atoms with E-state index in [1.54, 1.807) is 18.6 Å². The van der Waals surface area contributed by atoms with Gasteiger partial charge in [0.2, 0.25) is 5.03 Å². The van der Waals surface area contributed by atoms with Crippen LogP contribution in [0.25, 0.3) is 4.96 Å². The topological polar surface area (TPSA) is 92.7 Å². The summed E-state index contributed by atoms with van der Waals surface area (Å²) in [5.41, 5.74) is 1.88. The molecule has 20 heavy (non-hydrogen) atoms. The van der Waals surface area contributed by atoms with Gasteiger partial charge in [-0.15, -0.1) is 11.3 Å². The van der Waals surface area contributed by atoms with Gasteiger partial charge in [0.1, 0.15) is 0 Å². The van der Waals surface area contributed by atoms with E-state index >= 15 is 0 Å². The third kappa shape index (κ3) is 2.20. The minimum absolute atomic E-state index is 0.0697. The van der Waals surface area contributed by atoms with Gasteiger partial charge in [-0.3, -0.25) is 4.40 Å². The number of rotatable bonds is 5. The van der Waals surface area contributed by atoms with E-state index in [9.17, 15) is 8.42 Å². The van der Waals surface area contributed by atoms with Gasteiger partial charge in [-0.05, 0) is 20.3 Å². The van der Waals surface area contributed by atoms with Crippen molar-refractivity contribution in [1.29, 1.82) is 0 Å². The zero-order valence-electron chi connectivity index (χ0n) is 11.9. The standard InChI is InChI=1S/C11H19N5O2S2/c1-5-11(2,3)15(4)20(17,18)9-8(14-12)13-10-16(9)6-7-19-10/h6-7,14H,5,12H2,1-4H3. The summed E-state index contributed by atoms with van der Waals surface area (Å²) in [6.45, 7) is 5.71. The van der Waals surface area contributed by atoms with Crippen LogP contribution in [0, 0.1) is 0 Å². The first-order valence-electron chi connectivity index (χ1n) is 6.17. The van der Waals surface area contributed by atoms with Crippen LogP contribution in [-0.4, -0.2) is 34.7 Å². The maximum absolute atomic E-state index is 12.9. The molecule has 2 aromatic heterocycles. The molecular formula is C11H19N5O2S2. The van der Waals surface area contributed by atoms with E-state index in [0.717, 1.165) is 0 Å². The fourth-order valence-corrected chi connectivity index (χ4v) is 4.34. The van der Waals surface area contributed by atoms with Crippen LogP contribution in [0.4, 0.5) is 5.82 Å². The molecule has 2 aromatic rings. The first-order valence-corrected chi connectivity index (χ1v) is 8.49. The molecule has 0 fully saturated rings. The molecule has 0 aliphatic heterocycles. The molecule has 0 saturated carbocycles. The largest absolute Gasteiger partial charge is 0.306 e. The van der Waals surface area contributed by atoms with Crippen molar-refractivity contribution < 1.29 is 8.42 Å². The van der Waals surface area contributed by atoms with Crippen LogP contribution in [0.2, 0.25) is 0 Å². The molecule has 0 amide bonds. The molecular weight excluding hydrogens is 298 g/mol. The summed E-state index contributed by atoms with van der Waals surface area (Å²) in [6.07, 6.45) is 2.37. The van der Waals surface area contributed by atoms with Gasteiger partial charge < -0.3 is 5.43 Å². The number of anilines is 1. The molecule has 2 heterocycles. The molecule has 112 valence electrons. The number of imidazole rings is 1. The zero-order valence-corrected chi connectivity index (χ0v) is 13.5. The maximum Gasteiger partial charge on any atom is 0.263 e. The van der Waals surface area contributed by atoms with Gasteiger partial charge in [-0.2, -0.15) is 9.29 Å². The molecule has 9 heteroatoms. The Morgan fingerprint density at radius 3 is 2.75 bits per heavy atom. The first-order chi connectivity index (χ1) is 9.25. The molecule has 2 rings (SSSR count). The third-order valence-corrected chi connectivity index (χ3v) is 6.53. The van der Waals surface area contributed by atoms with Crippen molar-refractivity contribution in [2.24, 2.45) is 5.84 Å². The van der Waals surface area contributed by atoms with Gasteiger partial charge in [-0.1, -0.05) is 6.92 Å². The number of hydrogen-bond acceptors (Lipinski definition) is 6. The SMILES string of the molecule is CCC(C)(C)N(C)S(=O)(=O)c1c(NN)nc2sccn12. The Morgan fingerprint density at radius 2 is 2.20 bits per heavy atom. The molecule has 0 unspecified atom stereocenters. The molecule has 0 saturated heterocycles. The highest BCUT2D eigenvalue weighted by molar-refractivity contribution is 7.89. The Balaban J connectivity index is 2.65. The smallest absolute Gasteiger partial charge is 0.263 e. The molecule has 3 N–H and O–H groups in total. The summed E-state index contributed by atoms with van der Waals surface area (Å²) >= 11 is 1.35. The lowest BCUT2D eigenvalue weighted by Crippen LogP contribution is -2.44. The summed E-state index contributed by atoms with van der Waals surface area (Å²) in [5.74, 6) is 5.57. The second kappa shape index (κ2) is 4.99. The second-order valence-corrected chi connectivity index (χ2v) is 7.86. The average molecular weight is 317 g/mol. The molecule has 0 aliphatic carbocycles. The normalized spacial score (nSPS) is 13.3. The predicted octanol–water partition coefficient (Wildman–Crippen LogP) is 1.49. The number of nitrogens with two attached hydrogens (primary N) is 1. The molecule has 7 nitrogen and oxygen atoms in total. The Bertz CT molecular complexity index is 716. The number of hydrogen-bond donors (Lipinski definition) is 2. The minimum atomic E-state index is -3.71. The molecule has 0 radical (unpaired) electrons. The minimum Gasteiger partial charge on any atom is -0.306 e. The van der Waals surface area contributed by atoms with Crippen molar-refractivity contribution in [2.45, 2.75) is 37.8 Å². The fraction of sp³-hybridized carbons (Fsp3) is 0.545. The van der Waals surface area contributed by atoms with Crippen molar-refractivity contribution in [3.05, 3.63) is 11.6 Å². The highest BCUT2D eigenvalue weighted by atomic mass is 32.2. The van der Waals surface area contributed by atoms with Crippen LogP contribution in [0.3, 0.4) is 0 Å². The van der Waals surface area contributed by atoms with E-state index in [-0.39, 0.29) is 10.8 Å². The zero-order chi connectivity index (χ0) is 15.1. The molecule has 0 spiro atoms. The van der Waals surface area contributed by atoms with Gasteiger partial charge >= 0.3 is 0 Å². The van der Waals surface area contributed by atoms with Crippen LogP contribution >= 0.6 is 11.3 Å². The number of nitrogen functional groups attached to an aromatic ring is 1. The number of aromatic nitrogens is 2. The van der Waals surface area contributed by atoms with E-state index in [4.69, 9.17) is 5.84 Å². The Kier molecular flexibility index (Phi) is 3.80. The Labute approximate surface area is 122 Å². The lowest BCUT2D eigenvalue weighted by atomic mass is 10.0. The lowest BCUT2D eigenvalue weighted by molar-refractivity contribution is 0.256. The summed E-state index contributed by atoms with van der Waals surface area (Å²) in [5, 5.41) is 1.85. The quantitative estimate of drug-likeness (QED) is 0.644. The van der Waals surface area contributed by atoms with Crippen LogP contribution in [0.1, 0.15) is 27.2 Å². The van der Waals surface area contributed by atoms with E-state index in [1.165, 1.54) is 20.0 Å². The lowest BCUT2D eigenvalue weighted by Gasteiger charge is -2.33. The monoisotopic (exact) mass is 317 g/mol. The molecule has 0 atom stereocenters. The van der Waals surface area contributed by atoms with E-state index in [2.05, 4.69) is 10.4 Å². The summed E-state index contributed by atoms with van der Waals surface area (Å²) in [4.78, 5) is 4.77. The van der Waals surface area contributed by atoms with Crippen molar-refractivity contribution in [3.8, 4) is 0 Å². The number of thiazole rings is 1. The van der Waals surface area contributed by atoms with Crippen LogP contribution in [0.15, 0.2) is 16.6 Å². The molecule has 0 aliphatic rings. The molecule has 0 aromatic carbocycles. The van der Waals surface area contributed by atoms with Crippen molar-refractivity contribution in [3.63, 3.8) is 0 Å². The highest BCUT2D eigenvalue weighted by Gasteiger charge is 2.37. The van der Waals surface area contributed by atoms with Gasteiger partial charge in [0.15, 0.2) is 10.8 Å². The van der Waals surface area contributed by atoms with E-state index < -0.39 is 15.6 Å². The number of nitrogens with one attached hydrogen (secondary N) is 1. The van der Waals surface area contributed by atoms with E-state index in [1.807, 2.05) is 20.8 Å². The van der Waals surface area contributed by atoms with Gasteiger partial charge in [0.05, 0.1) is 0 Å². The third-order valence-electron chi connectivity index (χ3n) is 3.68. The molecule has 0 bridgehead atoms. The summed E-state index contributed by atoms with van der Waals surface area (Å²) in [7, 11) is -2.13. The van der Waals surface area contributed by atoms with Crippen LogP contribution in [-0.2, 0) is 10.0 Å². The number of hydrazine groups is 1. The number of nitrogens with zero attached hydrogens (tertiary/aromatic N) is 3. The van der Waals surface area contributed by atoms with E-state index in [0.29, 0.717) is 11.4 Å². The van der Waals surface area contributed by atoms with Crippen molar-refractivity contribution >= 4 is 32.1 Å².